The van der Waals surface area contributed by atoms with Crippen LogP contribution in [0.4, 0.5) is 17.1 Å². The molecular weight excluding hydrogens is 685 g/mol. The molecular formula is C52H34N2S. The first-order chi connectivity index (χ1) is 27.3. The molecule has 2 aromatic heterocycles. The number of rotatable bonds is 6. The molecule has 0 N–H and O–H groups in total. The summed E-state index contributed by atoms with van der Waals surface area (Å²) in [5, 5.41) is 7.61. The monoisotopic (exact) mass is 718 g/mol. The Morgan fingerprint density at radius 3 is 1.73 bits per heavy atom. The van der Waals surface area contributed by atoms with Crippen molar-refractivity contribution in [3.63, 3.8) is 0 Å². The van der Waals surface area contributed by atoms with Gasteiger partial charge in [-0.05, 0) is 94.2 Å². The lowest BCUT2D eigenvalue weighted by atomic mass is 9.98. The smallest absolute Gasteiger partial charge is 0.0619 e. The van der Waals surface area contributed by atoms with Gasteiger partial charge in [0.25, 0.3) is 0 Å². The first kappa shape index (κ1) is 31.6. The Hall–Kier alpha value is -6.94. The van der Waals surface area contributed by atoms with Gasteiger partial charge in [-0.3, -0.25) is 0 Å². The van der Waals surface area contributed by atoms with E-state index in [1.807, 2.05) is 11.3 Å². The number of nitrogens with zero attached hydrogens (tertiary/aromatic N) is 2. The molecule has 0 atom stereocenters. The zero-order valence-electron chi connectivity index (χ0n) is 29.9. The fraction of sp³-hybridized carbons (Fsp3) is 0. The van der Waals surface area contributed by atoms with Crippen molar-refractivity contribution in [3.8, 4) is 27.9 Å². The SMILES string of the molecule is c1ccc(-n2c3ccccc3c3cccc(-c4ccc(N(c5ccc(-c6cccc7ccccc67)cc5)c5ccc6sc7ccccc7c6c5)cc4)c32)cc1. The minimum atomic E-state index is 1.11. The summed E-state index contributed by atoms with van der Waals surface area (Å²) in [6, 6.07) is 75.2. The third kappa shape index (κ3) is 5.24. The number of hydrogen-bond donors (Lipinski definition) is 0. The van der Waals surface area contributed by atoms with E-state index < -0.39 is 0 Å². The summed E-state index contributed by atoms with van der Waals surface area (Å²) < 4.78 is 5.03. The first-order valence-electron chi connectivity index (χ1n) is 18.8. The van der Waals surface area contributed by atoms with Crippen molar-refractivity contribution in [3.05, 3.63) is 206 Å². The van der Waals surface area contributed by atoms with Gasteiger partial charge in [-0.15, -0.1) is 11.3 Å². The molecule has 3 heteroatoms. The van der Waals surface area contributed by atoms with Crippen LogP contribution in [-0.2, 0) is 0 Å². The highest BCUT2D eigenvalue weighted by Gasteiger charge is 2.19. The summed E-state index contributed by atoms with van der Waals surface area (Å²) in [6.45, 7) is 0. The van der Waals surface area contributed by atoms with E-state index in [1.165, 1.54) is 75.0 Å². The van der Waals surface area contributed by atoms with Crippen LogP contribution in [0.3, 0.4) is 0 Å². The normalized spacial score (nSPS) is 11.6. The van der Waals surface area contributed by atoms with Gasteiger partial charge in [0.2, 0.25) is 0 Å². The molecule has 0 amide bonds. The summed E-state index contributed by atoms with van der Waals surface area (Å²) in [6.07, 6.45) is 0. The highest BCUT2D eigenvalue weighted by Crippen LogP contribution is 2.43. The highest BCUT2D eigenvalue weighted by atomic mass is 32.1. The molecule has 0 unspecified atom stereocenters. The highest BCUT2D eigenvalue weighted by molar-refractivity contribution is 7.25. The summed E-state index contributed by atoms with van der Waals surface area (Å²) in [4.78, 5) is 2.39. The van der Waals surface area contributed by atoms with E-state index in [9.17, 15) is 0 Å². The molecule has 11 rings (SSSR count). The molecule has 9 aromatic carbocycles. The minimum Gasteiger partial charge on any atom is -0.310 e. The van der Waals surface area contributed by atoms with Crippen molar-refractivity contribution in [1.82, 2.24) is 4.57 Å². The molecule has 0 aliphatic carbocycles. The van der Waals surface area contributed by atoms with E-state index in [-0.39, 0.29) is 0 Å². The Labute approximate surface area is 323 Å². The molecule has 0 saturated heterocycles. The van der Waals surface area contributed by atoms with Gasteiger partial charge in [0.1, 0.15) is 0 Å². The van der Waals surface area contributed by atoms with Gasteiger partial charge in [0, 0.05) is 59.3 Å². The van der Waals surface area contributed by atoms with Gasteiger partial charge in [-0.25, -0.2) is 0 Å². The predicted octanol–water partition coefficient (Wildman–Crippen LogP) is 15.1. The van der Waals surface area contributed by atoms with Crippen molar-refractivity contribution in [2.45, 2.75) is 0 Å². The Bertz CT molecular complexity index is 3180. The Balaban J connectivity index is 1.06. The molecule has 0 saturated carbocycles. The van der Waals surface area contributed by atoms with Gasteiger partial charge in [-0.2, -0.15) is 0 Å². The number of aromatic nitrogens is 1. The van der Waals surface area contributed by atoms with E-state index in [1.54, 1.807) is 0 Å². The number of anilines is 3. The summed E-state index contributed by atoms with van der Waals surface area (Å²) >= 11 is 1.85. The summed E-state index contributed by atoms with van der Waals surface area (Å²) in [5.41, 5.74) is 11.8. The van der Waals surface area contributed by atoms with Crippen molar-refractivity contribution in [2.75, 3.05) is 4.90 Å². The van der Waals surface area contributed by atoms with Crippen molar-refractivity contribution < 1.29 is 0 Å². The van der Waals surface area contributed by atoms with Crippen LogP contribution in [0, 0.1) is 0 Å². The van der Waals surface area contributed by atoms with Gasteiger partial charge >= 0.3 is 0 Å². The maximum absolute atomic E-state index is 2.41. The lowest BCUT2D eigenvalue weighted by Crippen LogP contribution is -2.09. The van der Waals surface area contributed by atoms with Crippen LogP contribution in [0.2, 0.25) is 0 Å². The number of benzene rings is 9. The number of fused-ring (bicyclic) bond motifs is 7. The molecule has 55 heavy (non-hydrogen) atoms. The van der Waals surface area contributed by atoms with Gasteiger partial charge in [0.05, 0.1) is 11.0 Å². The summed E-state index contributed by atoms with van der Waals surface area (Å²) in [5.74, 6) is 0. The lowest BCUT2D eigenvalue weighted by molar-refractivity contribution is 1.18. The quantitative estimate of drug-likeness (QED) is 0.166. The van der Waals surface area contributed by atoms with Crippen LogP contribution >= 0.6 is 11.3 Å². The van der Waals surface area contributed by atoms with E-state index in [0.29, 0.717) is 0 Å². The summed E-state index contributed by atoms with van der Waals surface area (Å²) in [7, 11) is 0. The largest absolute Gasteiger partial charge is 0.310 e. The van der Waals surface area contributed by atoms with Crippen LogP contribution < -0.4 is 4.90 Å². The fourth-order valence-corrected chi connectivity index (χ4v) is 9.54. The molecule has 0 spiro atoms. The second-order valence-electron chi connectivity index (χ2n) is 14.1. The number of para-hydroxylation sites is 3. The van der Waals surface area contributed by atoms with E-state index in [0.717, 1.165) is 22.7 Å². The van der Waals surface area contributed by atoms with Crippen LogP contribution in [0.25, 0.3) is 80.7 Å². The fourth-order valence-electron chi connectivity index (χ4n) is 8.45. The number of thiophene rings is 1. The molecule has 0 radical (unpaired) electrons. The Morgan fingerprint density at radius 2 is 0.927 bits per heavy atom. The Morgan fingerprint density at radius 1 is 0.364 bits per heavy atom. The average molecular weight is 719 g/mol. The third-order valence-corrected chi connectivity index (χ3v) is 12.1. The molecule has 11 aromatic rings. The topological polar surface area (TPSA) is 8.17 Å². The Kier molecular flexibility index (Phi) is 7.39. The predicted molar refractivity (Wildman–Crippen MR) is 237 cm³/mol. The van der Waals surface area contributed by atoms with Crippen LogP contribution in [-0.4, -0.2) is 4.57 Å². The standard InChI is InChI=1S/C52H34N2S/c1-2-14-38(15-3-1)54-49-22-8-6-17-45(49)47-21-11-20-44(52(47)54)37-26-30-40(31-27-37)53(41-32-33-51-48(34-41)46-18-7-9-23-50(46)55-51)39-28-24-36(25-29-39)43-19-10-13-35-12-4-5-16-42(35)43/h1-34H. The first-order valence-corrected chi connectivity index (χ1v) is 19.6. The zero-order valence-corrected chi connectivity index (χ0v) is 30.7. The molecule has 0 aliphatic heterocycles. The van der Waals surface area contributed by atoms with Crippen molar-refractivity contribution in [2.24, 2.45) is 0 Å². The van der Waals surface area contributed by atoms with Gasteiger partial charge in [-0.1, -0.05) is 140 Å². The second-order valence-corrected chi connectivity index (χ2v) is 15.2. The van der Waals surface area contributed by atoms with Crippen LogP contribution in [0.15, 0.2) is 206 Å². The minimum absolute atomic E-state index is 1.11. The maximum atomic E-state index is 2.41. The van der Waals surface area contributed by atoms with Crippen molar-refractivity contribution in [1.29, 1.82) is 0 Å². The average Bonchev–Trinajstić information content (AvgIpc) is 3.80. The van der Waals surface area contributed by atoms with E-state index in [2.05, 4.69) is 216 Å². The van der Waals surface area contributed by atoms with E-state index >= 15 is 0 Å². The third-order valence-electron chi connectivity index (χ3n) is 11.0. The van der Waals surface area contributed by atoms with Crippen molar-refractivity contribution >= 4 is 81.1 Å². The zero-order chi connectivity index (χ0) is 36.3. The molecule has 0 fully saturated rings. The number of hydrogen-bond acceptors (Lipinski definition) is 2. The molecule has 258 valence electrons. The van der Waals surface area contributed by atoms with E-state index in [4.69, 9.17) is 0 Å². The second kappa shape index (κ2) is 12.9. The molecule has 2 heterocycles. The van der Waals surface area contributed by atoms with Crippen LogP contribution in [0.1, 0.15) is 0 Å². The van der Waals surface area contributed by atoms with Gasteiger partial charge in [0.15, 0.2) is 0 Å². The molecule has 2 nitrogen and oxygen atoms in total. The molecule has 0 bridgehead atoms. The van der Waals surface area contributed by atoms with Gasteiger partial charge < -0.3 is 9.47 Å². The van der Waals surface area contributed by atoms with Crippen LogP contribution in [0.5, 0.6) is 0 Å². The lowest BCUT2D eigenvalue weighted by Gasteiger charge is -2.26. The molecule has 0 aliphatic rings. The maximum Gasteiger partial charge on any atom is 0.0619 e.